The van der Waals surface area contributed by atoms with Gasteiger partial charge in [0.1, 0.15) is 0 Å². The Kier molecular flexibility index (Phi) is 7.31. The predicted molar refractivity (Wildman–Crippen MR) is 121 cm³/mol. The number of nitrogens with zero attached hydrogens (tertiary/aromatic N) is 3. The van der Waals surface area contributed by atoms with Crippen LogP contribution in [-0.4, -0.2) is 37.6 Å². The van der Waals surface area contributed by atoms with Gasteiger partial charge in [-0.2, -0.15) is 0 Å². The molecular weight excluding hydrogens is 366 g/mol. The van der Waals surface area contributed by atoms with Crippen molar-refractivity contribution in [1.82, 2.24) is 15.6 Å². The fraction of sp³-hybridized carbons (Fsp3) is 0.545. The highest BCUT2D eigenvalue weighted by atomic mass is 32.1. The Hall–Kier alpha value is -2.08. The molecule has 0 saturated carbocycles. The molecule has 0 amide bonds. The van der Waals surface area contributed by atoms with Gasteiger partial charge in [0, 0.05) is 43.7 Å². The Bertz CT molecular complexity index is 792. The third-order valence-electron chi connectivity index (χ3n) is 5.32. The summed E-state index contributed by atoms with van der Waals surface area (Å²) in [5.41, 5.74) is 3.85. The second kappa shape index (κ2) is 9.92. The Morgan fingerprint density at radius 1 is 1.32 bits per heavy atom. The molecule has 3 rings (SSSR count). The molecule has 6 heteroatoms. The van der Waals surface area contributed by atoms with Crippen molar-refractivity contribution in [3.05, 3.63) is 45.4 Å². The lowest BCUT2D eigenvalue weighted by Gasteiger charge is -2.22. The third-order valence-corrected chi connectivity index (χ3v) is 6.39. The van der Waals surface area contributed by atoms with E-state index in [9.17, 15) is 0 Å². The maximum Gasteiger partial charge on any atom is 0.191 e. The van der Waals surface area contributed by atoms with Gasteiger partial charge in [0.25, 0.3) is 0 Å². The number of guanidine groups is 1. The zero-order chi connectivity index (χ0) is 19.9. The quantitative estimate of drug-likeness (QED) is 0.544. The van der Waals surface area contributed by atoms with Crippen molar-refractivity contribution in [1.29, 1.82) is 0 Å². The average molecular weight is 400 g/mol. The number of benzene rings is 1. The Morgan fingerprint density at radius 3 is 2.79 bits per heavy atom. The molecule has 1 unspecified atom stereocenters. The van der Waals surface area contributed by atoms with Gasteiger partial charge < -0.3 is 15.5 Å². The van der Waals surface area contributed by atoms with Crippen molar-refractivity contribution in [2.75, 3.05) is 31.6 Å². The summed E-state index contributed by atoms with van der Waals surface area (Å²) >= 11 is 1.81. The highest BCUT2D eigenvalue weighted by Crippen LogP contribution is 2.24. The van der Waals surface area contributed by atoms with E-state index in [1.54, 1.807) is 11.3 Å². The highest BCUT2D eigenvalue weighted by Gasteiger charge is 2.14. The number of thiazole rings is 1. The first kappa shape index (κ1) is 20.6. The maximum absolute atomic E-state index is 4.72. The van der Waals surface area contributed by atoms with Crippen LogP contribution in [0.2, 0.25) is 0 Å². The van der Waals surface area contributed by atoms with Crippen LogP contribution in [0, 0.1) is 6.92 Å². The second-order valence-electron chi connectivity index (χ2n) is 7.37. The van der Waals surface area contributed by atoms with Crippen molar-refractivity contribution in [3.8, 4) is 0 Å². The molecule has 0 radical (unpaired) electrons. The van der Waals surface area contributed by atoms with Crippen molar-refractivity contribution < 1.29 is 0 Å². The van der Waals surface area contributed by atoms with Gasteiger partial charge in [0.15, 0.2) is 5.96 Å². The van der Waals surface area contributed by atoms with Crippen molar-refractivity contribution in [3.63, 3.8) is 0 Å². The minimum atomic E-state index is 0.197. The minimum absolute atomic E-state index is 0.197. The summed E-state index contributed by atoms with van der Waals surface area (Å²) in [4.78, 5) is 12.9. The molecule has 2 N–H and O–H groups in total. The van der Waals surface area contributed by atoms with Crippen LogP contribution in [0.4, 0.5) is 5.69 Å². The monoisotopic (exact) mass is 399 g/mol. The summed E-state index contributed by atoms with van der Waals surface area (Å²) in [6, 6.07) is 9.07. The lowest BCUT2D eigenvalue weighted by Crippen LogP contribution is -2.39. The van der Waals surface area contributed by atoms with Crippen LogP contribution < -0.4 is 15.5 Å². The van der Waals surface area contributed by atoms with E-state index in [0.29, 0.717) is 0 Å². The fourth-order valence-corrected chi connectivity index (χ4v) is 4.68. The van der Waals surface area contributed by atoms with Gasteiger partial charge in [-0.25, -0.2) is 4.98 Å². The molecule has 1 aromatic carbocycles. The van der Waals surface area contributed by atoms with Crippen LogP contribution in [0.15, 0.2) is 29.3 Å². The molecule has 1 fully saturated rings. The standard InChI is InChI=1S/C22H33N5S/c1-5-20-17(3)28-21(26-20)11-12-24-22(23-4)25-16(2)18-9-8-10-19(15-18)27-13-6-7-14-27/h8-10,15-16H,5-7,11-14H2,1-4H3,(H2,23,24,25). The lowest BCUT2D eigenvalue weighted by molar-refractivity contribution is 0.683. The molecular formula is C22H33N5S. The number of anilines is 1. The summed E-state index contributed by atoms with van der Waals surface area (Å²) in [7, 11) is 1.82. The minimum Gasteiger partial charge on any atom is -0.372 e. The van der Waals surface area contributed by atoms with Crippen LogP contribution in [0.3, 0.4) is 0 Å². The van der Waals surface area contributed by atoms with Crippen LogP contribution >= 0.6 is 11.3 Å². The van der Waals surface area contributed by atoms with Crippen molar-refractivity contribution >= 4 is 23.0 Å². The molecule has 2 heterocycles. The number of hydrogen-bond acceptors (Lipinski definition) is 4. The molecule has 0 bridgehead atoms. The topological polar surface area (TPSA) is 52.6 Å². The van der Waals surface area contributed by atoms with E-state index >= 15 is 0 Å². The zero-order valence-electron chi connectivity index (χ0n) is 17.6. The fourth-order valence-electron chi connectivity index (χ4n) is 3.66. The molecule has 2 aromatic rings. The SMILES string of the molecule is CCc1nc(CCNC(=NC)NC(C)c2cccc(N3CCCC3)c2)sc1C. The molecule has 1 aromatic heterocycles. The summed E-state index contributed by atoms with van der Waals surface area (Å²) in [5, 5.41) is 8.15. The van der Waals surface area contributed by atoms with Crippen molar-refractivity contribution in [2.45, 2.75) is 52.5 Å². The van der Waals surface area contributed by atoms with Gasteiger partial charge in [-0.1, -0.05) is 19.1 Å². The van der Waals surface area contributed by atoms with Crippen LogP contribution in [0.5, 0.6) is 0 Å². The molecule has 152 valence electrons. The largest absolute Gasteiger partial charge is 0.372 e. The highest BCUT2D eigenvalue weighted by molar-refractivity contribution is 7.11. The first-order chi connectivity index (χ1) is 13.6. The van der Waals surface area contributed by atoms with Gasteiger partial charge >= 0.3 is 0 Å². The molecule has 1 aliphatic rings. The third kappa shape index (κ3) is 5.25. The maximum atomic E-state index is 4.72. The van der Waals surface area contributed by atoms with Gasteiger partial charge in [0.05, 0.1) is 16.7 Å². The number of aryl methyl sites for hydroxylation is 2. The van der Waals surface area contributed by atoms with Gasteiger partial charge in [0.2, 0.25) is 0 Å². The van der Waals surface area contributed by atoms with Gasteiger partial charge in [-0.3, -0.25) is 4.99 Å². The van der Waals surface area contributed by atoms with Crippen LogP contribution in [0.25, 0.3) is 0 Å². The summed E-state index contributed by atoms with van der Waals surface area (Å²) in [5.74, 6) is 0.836. The number of hydrogen-bond donors (Lipinski definition) is 2. The smallest absolute Gasteiger partial charge is 0.191 e. The molecule has 0 aliphatic carbocycles. The Labute approximate surface area is 173 Å². The predicted octanol–water partition coefficient (Wildman–Crippen LogP) is 4.08. The molecule has 1 saturated heterocycles. The van der Waals surface area contributed by atoms with E-state index in [1.807, 2.05) is 7.05 Å². The molecule has 5 nitrogen and oxygen atoms in total. The van der Waals surface area contributed by atoms with Crippen LogP contribution in [0.1, 0.15) is 53.9 Å². The number of aromatic nitrogens is 1. The number of rotatable bonds is 7. The Morgan fingerprint density at radius 2 is 2.11 bits per heavy atom. The second-order valence-corrected chi connectivity index (χ2v) is 8.66. The average Bonchev–Trinajstić information content (AvgIpc) is 3.37. The van der Waals surface area contributed by atoms with E-state index in [4.69, 9.17) is 4.98 Å². The number of aliphatic imine (C=N–C) groups is 1. The van der Waals surface area contributed by atoms with Crippen molar-refractivity contribution in [2.24, 2.45) is 4.99 Å². The first-order valence-electron chi connectivity index (χ1n) is 10.4. The van der Waals surface area contributed by atoms with Gasteiger partial charge in [-0.05, 0) is 50.8 Å². The summed E-state index contributed by atoms with van der Waals surface area (Å²) in [6.45, 7) is 9.68. The van der Waals surface area contributed by atoms with Crippen LogP contribution in [-0.2, 0) is 12.8 Å². The van der Waals surface area contributed by atoms with E-state index in [0.717, 1.165) is 25.3 Å². The molecule has 28 heavy (non-hydrogen) atoms. The lowest BCUT2D eigenvalue weighted by atomic mass is 10.1. The van der Waals surface area contributed by atoms with E-state index in [2.05, 4.69) is 65.6 Å². The zero-order valence-corrected chi connectivity index (χ0v) is 18.4. The molecule has 0 spiro atoms. The van der Waals surface area contributed by atoms with Gasteiger partial charge in [-0.15, -0.1) is 11.3 Å². The molecule has 1 atom stereocenters. The van der Waals surface area contributed by atoms with E-state index < -0.39 is 0 Å². The summed E-state index contributed by atoms with van der Waals surface area (Å²) in [6.07, 6.45) is 4.53. The van der Waals surface area contributed by atoms with E-state index in [-0.39, 0.29) is 6.04 Å². The normalized spacial score (nSPS) is 15.7. The summed E-state index contributed by atoms with van der Waals surface area (Å²) < 4.78 is 0. The number of nitrogens with one attached hydrogen (secondary N) is 2. The van der Waals surface area contributed by atoms with E-state index in [1.165, 1.54) is 52.8 Å². The first-order valence-corrected chi connectivity index (χ1v) is 11.2. The Balaban J connectivity index is 1.53. The molecule has 1 aliphatic heterocycles.